The van der Waals surface area contributed by atoms with Crippen molar-refractivity contribution < 1.29 is 8.42 Å². The lowest BCUT2D eigenvalue weighted by Gasteiger charge is -2.00. The van der Waals surface area contributed by atoms with Crippen LogP contribution in [0, 0.1) is 6.92 Å². The number of hydrogen-bond acceptors (Lipinski definition) is 6. The molecule has 7 nitrogen and oxygen atoms in total. The molecule has 0 N–H and O–H groups in total. The summed E-state index contributed by atoms with van der Waals surface area (Å²) in [6, 6.07) is 1.34. The molecule has 0 atom stereocenters. The molecular weight excluding hydrogens is 230 g/mol. The summed E-state index contributed by atoms with van der Waals surface area (Å²) in [5.74, 6) is 0.747. The van der Waals surface area contributed by atoms with Crippen molar-refractivity contribution in [2.75, 3.05) is 6.26 Å². The summed E-state index contributed by atoms with van der Waals surface area (Å²) >= 11 is 0. The van der Waals surface area contributed by atoms with Gasteiger partial charge in [0.15, 0.2) is 14.9 Å². The van der Waals surface area contributed by atoms with Gasteiger partial charge in [0.2, 0.25) is 0 Å². The average molecular weight is 239 g/mol. The van der Waals surface area contributed by atoms with Crippen LogP contribution in [0.4, 0.5) is 0 Å². The van der Waals surface area contributed by atoms with E-state index in [9.17, 15) is 8.42 Å². The molecule has 84 valence electrons. The fourth-order valence-electron chi connectivity index (χ4n) is 1.09. The summed E-state index contributed by atoms with van der Waals surface area (Å²) in [5, 5.41) is 3.95. The minimum Gasteiger partial charge on any atom is -0.222 e. The molecule has 8 heteroatoms. The number of sulfone groups is 1. The second-order valence-electron chi connectivity index (χ2n) is 3.20. The molecule has 0 aromatic carbocycles. The molecule has 2 heterocycles. The molecule has 0 spiro atoms. The van der Waals surface area contributed by atoms with Gasteiger partial charge in [-0.3, -0.25) is 0 Å². The van der Waals surface area contributed by atoms with Gasteiger partial charge in [-0.05, 0) is 13.0 Å². The molecule has 0 saturated carbocycles. The Morgan fingerprint density at radius 1 is 1.31 bits per heavy atom. The Kier molecular flexibility index (Phi) is 2.43. The quantitative estimate of drug-likeness (QED) is 0.672. The third kappa shape index (κ3) is 2.06. The van der Waals surface area contributed by atoms with Crippen molar-refractivity contribution in [2.45, 2.75) is 11.9 Å². The first-order valence-corrected chi connectivity index (χ1v) is 6.28. The highest BCUT2D eigenvalue weighted by atomic mass is 32.2. The molecule has 0 radical (unpaired) electrons. The zero-order valence-electron chi connectivity index (χ0n) is 8.69. The lowest BCUT2D eigenvalue weighted by atomic mass is 10.7. The maximum Gasteiger partial charge on any atom is 0.253 e. The predicted octanol–water partition coefficient (Wildman–Crippen LogP) is -0.231. The van der Waals surface area contributed by atoms with Gasteiger partial charge in [-0.1, -0.05) is 0 Å². The molecule has 0 amide bonds. The first-order chi connectivity index (χ1) is 7.47. The number of aryl methyl sites for hydroxylation is 1. The summed E-state index contributed by atoms with van der Waals surface area (Å²) in [4.78, 5) is 11.7. The van der Waals surface area contributed by atoms with Crippen LogP contribution in [0.15, 0.2) is 23.6 Å². The van der Waals surface area contributed by atoms with Crippen molar-refractivity contribution >= 4 is 9.84 Å². The van der Waals surface area contributed by atoms with Crippen LogP contribution < -0.4 is 0 Å². The molecule has 0 aliphatic carbocycles. The van der Waals surface area contributed by atoms with Gasteiger partial charge < -0.3 is 0 Å². The maximum absolute atomic E-state index is 11.3. The number of rotatable bonds is 2. The fraction of sp³-hybridized carbons (Fsp3) is 0.250. The standard InChI is InChI=1S/C8H9N5O2S/c1-6-10-5-13(12-6)8-9-4-3-7(11-8)16(2,14)15/h3-5H,1-2H3. The van der Waals surface area contributed by atoms with Crippen LogP contribution in [-0.4, -0.2) is 39.4 Å². The minimum absolute atomic E-state index is 0.0364. The third-order valence-electron chi connectivity index (χ3n) is 1.81. The summed E-state index contributed by atoms with van der Waals surface area (Å²) in [6.07, 6.45) is 3.89. The second-order valence-corrected chi connectivity index (χ2v) is 5.17. The van der Waals surface area contributed by atoms with Gasteiger partial charge >= 0.3 is 0 Å². The normalized spacial score (nSPS) is 11.6. The van der Waals surface area contributed by atoms with Crippen LogP contribution in [0.25, 0.3) is 5.95 Å². The molecular formula is C8H9N5O2S. The Morgan fingerprint density at radius 2 is 2.06 bits per heavy atom. The van der Waals surface area contributed by atoms with E-state index < -0.39 is 9.84 Å². The summed E-state index contributed by atoms with van der Waals surface area (Å²) < 4.78 is 23.9. The number of aromatic nitrogens is 5. The second kappa shape index (κ2) is 3.63. The van der Waals surface area contributed by atoms with Crippen LogP contribution in [0.1, 0.15) is 5.82 Å². The summed E-state index contributed by atoms with van der Waals surface area (Å²) in [5.41, 5.74) is 0. The van der Waals surface area contributed by atoms with Crippen molar-refractivity contribution in [2.24, 2.45) is 0 Å². The van der Waals surface area contributed by atoms with E-state index in [0.717, 1.165) is 6.26 Å². The molecule has 0 aliphatic rings. The van der Waals surface area contributed by atoms with E-state index in [0.29, 0.717) is 5.82 Å². The molecule has 16 heavy (non-hydrogen) atoms. The van der Waals surface area contributed by atoms with E-state index in [1.807, 2.05) is 0 Å². The maximum atomic E-state index is 11.3. The van der Waals surface area contributed by atoms with Gasteiger partial charge in [0.1, 0.15) is 12.2 Å². The largest absolute Gasteiger partial charge is 0.253 e. The smallest absolute Gasteiger partial charge is 0.222 e. The zero-order chi connectivity index (χ0) is 11.8. The van der Waals surface area contributed by atoms with E-state index in [-0.39, 0.29) is 11.0 Å². The number of nitrogens with zero attached hydrogens (tertiary/aromatic N) is 5. The first kappa shape index (κ1) is 10.7. The Morgan fingerprint density at radius 3 is 2.62 bits per heavy atom. The highest BCUT2D eigenvalue weighted by molar-refractivity contribution is 7.90. The third-order valence-corrected chi connectivity index (χ3v) is 2.80. The molecule has 2 aromatic heterocycles. The van der Waals surface area contributed by atoms with Crippen molar-refractivity contribution in [1.82, 2.24) is 24.7 Å². The van der Waals surface area contributed by atoms with Crippen molar-refractivity contribution in [3.8, 4) is 5.95 Å². The summed E-state index contributed by atoms with van der Waals surface area (Å²) in [7, 11) is -3.34. The highest BCUT2D eigenvalue weighted by Crippen LogP contribution is 2.06. The van der Waals surface area contributed by atoms with Gasteiger partial charge in [0.25, 0.3) is 5.95 Å². The molecule has 0 unspecified atom stereocenters. The zero-order valence-corrected chi connectivity index (χ0v) is 9.51. The average Bonchev–Trinajstić information content (AvgIpc) is 2.64. The SMILES string of the molecule is Cc1ncn(-c2nccc(S(C)(=O)=O)n2)n1. The lowest BCUT2D eigenvalue weighted by Crippen LogP contribution is -2.07. The molecule has 2 aromatic rings. The van der Waals surface area contributed by atoms with Gasteiger partial charge in [-0.25, -0.2) is 18.4 Å². The van der Waals surface area contributed by atoms with E-state index in [1.54, 1.807) is 6.92 Å². The molecule has 2 rings (SSSR count). The summed E-state index contributed by atoms with van der Waals surface area (Å²) in [6.45, 7) is 1.72. The monoisotopic (exact) mass is 239 g/mol. The van der Waals surface area contributed by atoms with E-state index in [1.165, 1.54) is 23.3 Å². The molecule has 0 bridgehead atoms. The van der Waals surface area contributed by atoms with Crippen molar-refractivity contribution in [3.63, 3.8) is 0 Å². The molecule has 0 saturated heterocycles. The van der Waals surface area contributed by atoms with E-state index >= 15 is 0 Å². The van der Waals surface area contributed by atoms with Crippen LogP contribution in [0.2, 0.25) is 0 Å². The van der Waals surface area contributed by atoms with E-state index in [4.69, 9.17) is 0 Å². The Balaban J connectivity index is 2.52. The number of hydrogen-bond donors (Lipinski definition) is 0. The Labute approximate surface area is 92.1 Å². The van der Waals surface area contributed by atoms with Crippen LogP contribution in [0.3, 0.4) is 0 Å². The van der Waals surface area contributed by atoms with Crippen LogP contribution in [-0.2, 0) is 9.84 Å². The Bertz CT molecular complexity index is 619. The van der Waals surface area contributed by atoms with Crippen molar-refractivity contribution in [3.05, 3.63) is 24.4 Å². The van der Waals surface area contributed by atoms with Crippen LogP contribution in [0.5, 0.6) is 0 Å². The highest BCUT2D eigenvalue weighted by Gasteiger charge is 2.11. The van der Waals surface area contributed by atoms with Gasteiger partial charge in [-0.2, -0.15) is 9.67 Å². The first-order valence-electron chi connectivity index (χ1n) is 4.38. The minimum atomic E-state index is -3.34. The van der Waals surface area contributed by atoms with Gasteiger partial charge in [0.05, 0.1) is 0 Å². The topological polar surface area (TPSA) is 90.6 Å². The molecule has 0 aliphatic heterocycles. The fourth-order valence-corrected chi connectivity index (χ4v) is 1.65. The Hall–Kier alpha value is -1.83. The molecule has 0 fully saturated rings. The van der Waals surface area contributed by atoms with E-state index in [2.05, 4.69) is 20.1 Å². The van der Waals surface area contributed by atoms with Gasteiger partial charge in [0, 0.05) is 12.5 Å². The van der Waals surface area contributed by atoms with Crippen molar-refractivity contribution in [1.29, 1.82) is 0 Å². The predicted molar refractivity (Wildman–Crippen MR) is 54.8 cm³/mol. The lowest BCUT2D eigenvalue weighted by molar-refractivity contribution is 0.596. The van der Waals surface area contributed by atoms with Gasteiger partial charge in [-0.15, -0.1) is 5.10 Å². The van der Waals surface area contributed by atoms with Crippen LogP contribution >= 0.6 is 0 Å².